The number of carbonyl (C=O) groups excluding carboxylic acids is 2. The van der Waals surface area contributed by atoms with E-state index in [1.54, 1.807) is 49.4 Å². The molecule has 202 valence electrons. The molecule has 0 unspecified atom stereocenters. The molecule has 3 aromatic carbocycles. The van der Waals surface area contributed by atoms with E-state index in [-0.39, 0.29) is 23.3 Å². The lowest BCUT2D eigenvalue weighted by Gasteiger charge is -2.32. The smallest absolute Gasteiger partial charge is 0.264 e. The molecule has 0 fully saturated rings. The molecule has 3 rings (SSSR count). The Labute approximate surface area is 234 Å². The minimum atomic E-state index is -4.08. The van der Waals surface area contributed by atoms with Crippen LogP contribution in [0.3, 0.4) is 0 Å². The zero-order chi connectivity index (χ0) is 27.9. The van der Waals surface area contributed by atoms with Crippen molar-refractivity contribution in [3.63, 3.8) is 0 Å². The van der Waals surface area contributed by atoms with Crippen molar-refractivity contribution in [3.05, 3.63) is 94.5 Å². The quantitative estimate of drug-likeness (QED) is 0.330. The van der Waals surface area contributed by atoms with E-state index in [4.69, 9.17) is 0 Å². The van der Waals surface area contributed by atoms with Crippen molar-refractivity contribution in [3.8, 4) is 0 Å². The number of anilines is 1. The standard InChI is InChI=1S/C29H34BrN3O4S/c1-21(2)18-31-29(35)23(4)32(19-24-12-9-8-11-22(24)3)28(34)20-33(26-14-10-13-25(30)17-26)38(36,37)27-15-6-5-7-16-27/h5-17,21,23H,18-20H2,1-4H3,(H,31,35)/t23-/m0/s1. The van der Waals surface area contributed by atoms with Crippen LogP contribution >= 0.6 is 15.9 Å². The van der Waals surface area contributed by atoms with Crippen LogP contribution in [0.25, 0.3) is 0 Å². The molecule has 0 aliphatic heterocycles. The Morgan fingerprint density at radius 1 is 0.921 bits per heavy atom. The first kappa shape index (κ1) is 29.4. The van der Waals surface area contributed by atoms with Crippen LogP contribution in [0.5, 0.6) is 0 Å². The van der Waals surface area contributed by atoms with Gasteiger partial charge in [0, 0.05) is 17.6 Å². The number of hydrogen-bond donors (Lipinski definition) is 1. The molecule has 0 aliphatic rings. The van der Waals surface area contributed by atoms with Crippen LogP contribution in [0.15, 0.2) is 88.2 Å². The van der Waals surface area contributed by atoms with E-state index in [1.165, 1.54) is 17.0 Å². The number of nitrogens with one attached hydrogen (secondary N) is 1. The third-order valence-corrected chi connectivity index (χ3v) is 8.44. The second kappa shape index (κ2) is 13.1. The highest BCUT2D eigenvalue weighted by Gasteiger charge is 2.32. The van der Waals surface area contributed by atoms with Crippen LogP contribution in [-0.2, 0) is 26.2 Å². The first-order chi connectivity index (χ1) is 18.0. The van der Waals surface area contributed by atoms with Crippen molar-refractivity contribution in [1.82, 2.24) is 10.2 Å². The van der Waals surface area contributed by atoms with Gasteiger partial charge in [0.2, 0.25) is 11.8 Å². The maximum absolute atomic E-state index is 13.9. The first-order valence-electron chi connectivity index (χ1n) is 12.5. The third kappa shape index (κ3) is 7.45. The van der Waals surface area contributed by atoms with Gasteiger partial charge in [0.25, 0.3) is 10.0 Å². The lowest BCUT2D eigenvalue weighted by atomic mass is 10.1. The van der Waals surface area contributed by atoms with Gasteiger partial charge in [-0.15, -0.1) is 0 Å². The van der Waals surface area contributed by atoms with Gasteiger partial charge >= 0.3 is 0 Å². The molecule has 0 radical (unpaired) electrons. The number of sulfonamides is 1. The SMILES string of the molecule is Cc1ccccc1CN(C(=O)CN(c1cccc(Br)c1)S(=O)(=O)c1ccccc1)[C@@H](C)C(=O)NCC(C)C. The minimum absolute atomic E-state index is 0.0703. The number of rotatable bonds is 11. The number of benzene rings is 3. The molecule has 0 aliphatic carbocycles. The molecule has 0 spiro atoms. The fourth-order valence-corrected chi connectivity index (χ4v) is 5.70. The molecule has 0 bridgehead atoms. The van der Waals surface area contributed by atoms with Gasteiger partial charge in [0.15, 0.2) is 0 Å². The summed E-state index contributed by atoms with van der Waals surface area (Å²) in [4.78, 5) is 28.5. The minimum Gasteiger partial charge on any atom is -0.354 e. The molecule has 7 nitrogen and oxygen atoms in total. The fourth-order valence-electron chi connectivity index (χ4n) is 3.89. The zero-order valence-corrected chi connectivity index (χ0v) is 24.5. The van der Waals surface area contributed by atoms with Gasteiger partial charge in [-0.2, -0.15) is 0 Å². The van der Waals surface area contributed by atoms with E-state index in [1.807, 2.05) is 45.0 Å². The van der Waals surface area contributed by atoms with Crippen molar-refractivity contribution in [2.75, 3.05) is 17.4 Å². The van der Waals surface area contributed by atoms with Gasteiger partial charge in [0.1, 0.15) is 12.6 Å². The number of nitrogens with zero attached hydrogens (tertiary/aromatic N) is 2. The predicted molar refractivity (Wildman–Crippen MR) is 154 cm³/mol. The first-order valence-corrected chi connectivity index (χ1v) is 14.7. The topological polar surface area (TPSA) is 86.8 Å². The summed E-state index contributed by atoms with van der Waals surface area (Å²) >= 11 is 3.40. The van der Waals surface area contributed by atoms with E-state index >= 15 is 0 Å². The molecular weight excluding hydrogens is 566 g/mol. The predicted octanol–water partition coefficient (Wildman–Crippen LogP) is 5.14. The number of amides is 2. The highest BCUT2D eigenvalue weighted by molar-refractivity contribution is 9.10. The Balaban J connectivity index is 2.01. The molecule has 2 amide bonds. The van der Waals surface area contributed by atoms with Crippen LogP contribution in [0.4, 0.5) is 5.69 Å². The summed E-state index contributed by atoms with van der Waals surface area (Å²) in [5.41, 5.74) is 2.19. The molecule has 0 saturated carbocycles. The zero-order valence-electron chi connectivity index (χ0n) is 22.1. The second-order valence-corrected chi connectivity index (χ2v) is 12.3. The van der Waals surface area contributed by atoms with Gasteiger partial charge in [-0.3, -0.25) is 13.9 Å². The molecule has 0 aromatic heterocycles. The van der Waals surface area contributed by atoms with Crippen molar-refractivity contribution >= 4 is 43.5 Å². The molecule has 3 aromatic rings. The molecule has 9 heteroatoms. The molecular formula is C29H34BrN3O4S. The fraction of sp³-hybridized carbons (Fsp3) is 0.310. The highest BCUT2D eigenvalue weighted by atomic mass is 79.9. The largest absolute Gasteiger partial charge is 0.354 e. The van der Waals surface area contributed by atoms with Crippen LogP contribution in [0.2, 0.25) is 0 Å². The van der Waals surface area contributed by atoms with Crippen molar-refractivity contribution in [2.45, 2.75) is 45.2 Å². The van der Waals surface area contributed by atoms with Crippen LogP contribution in [0, 0.1) is 12.8 Å². The lowest BCUT2D eigenvalue weighted by Crippen LogP contribution is -2.51. The molecule has 1 atom stereocenters. The lowest BCUT2D eigenvalue weighted by molar-refractivity contribution is -0.139. The number of halogens is 1. The van der Waals surface area contributed by atoms with Gasteiger partial charge in [-0.05, 0) is 61.2 Å². The maximum Gasteiger partial charge on any atom is 0.264 e. The maximum atomic E-state index is 13.9. The van der Waals surface area contributed by atoms with Gasteiger partial charge in [-0.1, -0.05) is 78.3 Å². The van der Waals surface area contributed by atoms with Gasteiger partial charge < -0.3 is 10.2 Å². The highest BCUT2D eigenvalue weighted by Crippen LogP contribution is 2.27. The Kier molecular flexibility index (Phi) is 10.1. The van der Waals surface area contributed by atoms with Crippen LogP contribution in [-0.4, -0.2) is 44.3 Å². The Morgan fingerprint density at radius 3 is 2.21 bits per heavy atom. The molecule has 0 saturated heterocycles. The van der Waals surface area contributed by atoms with Crippen LogP contribution < -0.4 is 9.62 Å². The van der Waals surface area contributed by atoms with E-state index in [2.05, 4.69) is 21.2 Å². The van der Waals surface area contributed by atoms with E-state index in [0.717, 1.165) is 15.4 Å². The molecule has 1 N–H and O–H groups in total. The Hall–Kier alpha value is -3.17. The second-order valence-electron chi connectivity index (χ2n) is 9.57. The summed E-state index contributed by atoms with van der Waals surface area (Å²) < 4.78 is 29.3. The number of carbonyl (C=O) groups is 2. The van der Waals surface area contributed by atoms with E-state index in [0.29, 0.717) is 16.7 Å². The summed E-state index contributed by atoms with van der Waals surface area (Å²) in [6, 6.07) is 21.6. The third-order valence-electron chi connectivity index (χ3n) is 6.16. The summed E-state index contributed by atoms with van der Waals surface area (Å²) in [6.45, 7) is 7.76. The van der Waals surface area contributed by atoms with Gasteiger partial charge in [-0.25, -0.2) is 8.42 Å². The van der Waals surface area contributed by atoms with Crippen molar-refractivity contribution < 1.29 is 18.0 Å². The van der Waals surface area contributed by atoms with Crippen LogP contribution in [0.1, 0.15) is 31.9 Å². The summed E-state index contributed by atoms with van der Waals surface area (Å²) in [6.07, 6.45) is 0. The summed E-state index contributed by atoms with van der Waals surface area (Å²) in [5, 5.41) is 2.90. The molecule has 38 heavy (non-hydrogen) atoms. The average molecular weight is 601 g/mol. The van der Waals surface area contributed by atoms with Crippen molar-refractivity contribution in [2.24, 2.45) is 5.92 Å². The number of hydrogen-bond acceptors (Lipinski definition) is 4. The van der Waals surface area contributed by atoms with Crippen molar-refractivity contribution in [1.29, 1.82) is 0 Å². The Morgan fingerprint density at radius 2 is 1.58 bits per heavy atom. The Bertz CT molecular complexity index is 1360. The van der Waals surface area contributed by atoms with E-state index in [9.17, 15) is 18.0 Å². The van der Waals surface area contributed by atoms with Gasteiger partial charge in [0.05, 0.1) is 10.6 Å². The summed E-state index contributed by atoms with van der Waals surface area (Å²) in [5.74, 6) is -0.532. The normalized spacial score (nSPS) is 12.2. The monoisotopic (exact) mass is 599 g/mol. The average Bonchev–Trinajstić information content (AvgIpc) is 2.89. The van der Waals surface area contributed by atoms with E-state index < -0.39 is 28.5 Å². The number of aryl methyl sites for hydroxylation is 1. The summed E-state index contributed by atoms with van der Waals surface area (Å²) in [7, 11) is -4.08. The molecule has 0 heterocycles.